The summed E-state index contributed by atoms with van der Waals surface area (Å²) in [6.45, 7) is 0. The molecule has 1 N–H and O–H groups in total. The Bertz CT molecular complexity index is 132. The van der Waals surface area contributed by atoms with Gasteiger partial charge in [0.25, 0.3) is 0 Å². The molecule has 3 rings (SSSR count). The van der Waals surface area contributed by atoms with Gasteiger partial charge in [-0.3, -0.25) is 0 Å². The molecule has 0 spiro atoms. The minimum atomic E-state index is 0.0642. The Morgan fingerprint density at radius 3 is 2.40 bits per heavy atom. The molecule has 0 aromatic heterocycles. The molecule has 0 saturated heterocycles. The Hall–Kier alpha value is -0.400. The fourth-order valence-electron chi connectivity index (χ4n) is 2.16. The number of nitrogens with one attached hydrogen (secondary N) is 1. The number of hydrogen-bond acceptors (Lipinski definition) is 2. The van der Waals surface area contributed by atoms with Crippen LogP contribution in [-0.2, 0) is 0 Å². The first-order valence-electron chi connectivity index (χ1n) is 4.07. The van der Waals surface area contributed by atoms with Gasteiger partial charge in [-0.2, -0.15) is 5.11 Å². The quantitative estimate of drug-likeness (QED) is 0.539. The SMILES string of the molecule is N=NC12C[CH]C(CC1)CC2. The van der Waals surface area contributed by atoms with Gasteiger partial charge in [0, 0.05) is 0 Å². The summed E-state index contributed by atoms with van der Waals surface area (Å²) in [5.74, 6) is 0.864. The maximum atomic E-state index is 7.07. The summed E-state index contributed by atoms with van der Waals surface area (Å²) in [7, 11) is 0. The van der Waals surface area contributed by atoms with Crippen molar-refractivity contribution in [1.29, 1.82) is 5.53 Å². The first-order valence-corrected chi connectivity index (χ1v) is 4.07. The lowest BCUT2D eigenvalue weighted by Gasteiger charge is -2.42. The zero-order valence-corrected chi connectivity index (χ0v) is 6.14. The number of rotatable bonds is 1. The molecule has 0 unspecified atom stereocenters. The summed E-state index contributed by atoms with van der Waals surface area (Å²) in [5, 5.41) is 3.75. The van der Waals surface area contributed by atoms with Gasteiger partial charge in [-0.1, -0.05) is 0 Å². The molecule has 2 heteroatoms. The second kappa shape index (κ2) is 2.04. The van der Waals surface area contributed by atoms with E-state index in [1.807, 2.05) is 0 Å². The zero-order chi connectivity index (χ0) is 7.03. The van der Waals surface area contributed by atoms with Crippen LogP contribution in [0.1, 0.15) is 32.1 Å². The van der Waals surface area contributed by atoms with Crippen LogP contribution in [0.15, 0.2) is 5.11 Å². The average molecular weight is 137 g/mol. The second-order valence-electron chi connectivity index (χ2n) is 3.61. The molecule has 0 amide bonds. The topological polar surface area (TPSA) is 36.2 Å². The third-order valence-corrected chi connectivity index (χ3v) is 3.03. The number of hydrogen-bond donors (Lipinski definition) is 1. The van der Waals surface area contributed by atoms with Crippen LogP contribution < -0.4 is 0 Å². The van der Waals surface area contributed by atoms with Crippen molar-refractivity contribution in [1.82, 2.24) is 0 Å². The highest BCUT2D eigenvalue weighted by atomic mass is 15.0. The van der Waals surface area contributed by atoms with Crippen molar-refractivity contribution >= 4 is 0 Å². The predicted octanol–water partition coefficient (Wildman–Crippen LogP) is 2.55. The van der Waals surface area contributed by atoms with Gasteiger partial charge in [0.15, 0.2) is 0 Å². The molecule has 1 radical (unpaired) electrons. The van der Waals surface area contributed by atoms with Gasteiger partial charge < -0.3 is 0 Å². The van der Waals surface area contributed by atoms with Crippen LogP contribution in [0.5, 0.6) is 0 Å². The minimum absolute atomic E-state index is 0.0642. The van der Waals surface area contributed by atoms with E-state index in [1.165, 1.54) is 12.8 Å². The fourth-order valence-corrected chi connectivity index (χ4v) is 2.16. The summed E-state index contributed by atoms with van der Waals surface area (Å²) in [4.78, 5) is 0. The third-order valence-electron chi connectivity index (χ3n) is 3.03. The first-order chi connectivity index (χ1) is 4.85. The normalized spacial score (nSPS) is 45.4. The van der Waals surface area contributed by atoms with Crippen LogP contribution in [0.3, 0.4) is 0 Å². The highest BCUT2D eigenvalue weighted by Gasteiger charge is 2.40. The van der Waals surface area contributed by atoms with Crippen LogP contribution in [0.2, 0.25) is 0 Å². The third kappa shape index (κ3) is 0.780. The molecule has 0 atom stereocenters. The summed E-state index contributed by atoms with van der Waals surface area (Å²) in [5.41, 5.74) is 7.14. The van der Waals surface area contributed by atoms with Crippen LogP contribution in [0.25, 0.3) is 0 Å². The number of fused-ring (bicyclic) bond motifs is 3. The Morgan fingerprint density at radius 2 is 2.10 bits per heavy atom. The van der Waals surface area contributed by atoms with Gasteiger partial charge in [-0.15, -0.1) is 0 Å². The molecule has 55 valence electrons. The van der Waals surface area contributed by atoms with Gasteiger partial charge in [-0.05, 0) is 44.4 Å². The van der Waals surface area contributed by atoms with Gasteiger partial charge in [0.05, 0.1) is 5.54 Å². The van der Waals surface area contributed by atoms with E-state index < -0.39 is 0 Å². The van der Waals surface area contributed by atoms with Crippen LogP contribution in [0.4, 0.5) is 0 Å². The molecule has 3 fully saturated rings. The zero-order valence-electron chi connectivity index (χ0n) is 6.14. The highest BCUT2D eigenvalue weighted by Crippen LogP contribution is 2.45. The minimum Gasteiger partial charge on any atom is -0.209 e. The van der Waals surface area contributed by atoms with Gasteiger partial charge in [0.1, 0.15) is 0 Å². The molecule has 0 aliphatic heterocycles. The van der Waals surface area contributed by atoms with Crippen molar-refractivity contribution < 1.29 is 0 Å². The van der Waals surface area contributed by atoms with E-state index in [1.54, 1.807) is 0 Å². The molecule has 0 heterocycles. The monoisotopic (exact) mass is 137 g/mol. The van der Waals surface area contributed by atoms with Crippen LogP contribution in [0, 0.1) is 17.9 Å². The molecule has 10 heavy (non-hydrogen) atoms. The molecular weight excluding hydrogens is 124 g/mol. The van der Waals surface area contributed by atoms with Crippen LogP contribution >= 0.6 is 0 Å². The van der Waals surface area contributed by atoms with Crippen molar-refractivity contribution in [2.45, 2.75) is 37.6 Å². The van der Waals surface area contributed by atoms with Crippen molar-refractivity contribution in [3.63, 3.8) is 0 Å². The van der Waals surface area contributed by atoms with Crippen molar-refractivity contribution in [2.24, 2.45) is 11.0 Å². The Kier molecular flexibility index (Phi) is 1.29. The lowest BCUT2D eigenvalue weighted by atomic mass is 9.66. The molecule has 3 saturated carbocycles. The molecule has 2 nitrogen and oxygen atoms in total. The predicted molar refractivity (Wildman–Crippen MR) is 38.8 cm³/mol. The van der Waals surface area contributed by atoms with Gasteiger partial charge in [0.2, 0.25) is 0 Å². The lowest BCUT2D eigenvalue weighted by molar-refractivity contribution is 0.183. The Morgan fingerprint density at radius 1 is 1.40 bits per heavy atom. The smallest absolute Gasteiger partial charge is 0.0816 e. The van der Waals surface area contributed by atoms with Gasteiger partial charge >= 0.3 is 0 Å². The Labute approximate surface area is 61.5 Å². The summed E-state index contributed by atoms with van der Waals surface area (Å²) >= 11 is 0. The van der Waals surface area contributed by atoms with E-state index >= 15 is 0 Å². The van der Waals surface area contributed by atoms with Crippen molar-refractivity contribution in [3.05, 3.63) is 6.42 Å². The molecule has 3 aliphatic carbocycles. The molecule has 2 bridgehead atoms. The summed E-state index contributed by atoms with van der Waals surface area (Å²) < 4.78 is 0. The van der Waals surface area contributed by atoms with Crippen molar-refractivity contribution in [3.8, 4) is 0 Å². The molecule has 0 aromatic carbocycles. The van der Waals surface area contributed by atoms with E-state index in [4.69, 9.17) is 5.53 Å². The number of nitrogens with zero attached hydrogens (tertiary/aromatic N) is 1. The molecule has 0 aromatic rings. The van der Waals surface area contributed by atoms with E-state index in [0.717, 1.165) is 25.2 Å². The van der Waals surface area contributed by atoms with E-state index in [9.17, 15) is 0 Å². The van der Waals surface area contributed by atoms with E-state index in [0.29, 0.717) is 0 Å². The fraction of sp³-hybridized carbons (Fsp3) is 0.875. The standard InChI is InChI=1S/C8H13N2/c9-10-8-4-1-7(2-5-8)3-6-8/h1,7,9H,2-6H2. The van der Waals surface area contributed by atoms with Gasteiger partial charge in [-0.25, -0.2) is 5.53 Å². The van der Waals surface area contributed by atoms with Crippen LogP contribution in [-0.4, -0.2) is 5.54 Å². The van der Waals surface area contributed by atoms with Crippen molar-refractivity contribution in [2.75, 3.05) is 0 Å². The molecule has 3 aliphatic rings. The summed E-state index contributed by atoms with van der Waals surface area (Å²) in [6.07, 6.45) is 8.33. The maximum absolute atomic E-state index is 7.07. The lowest BCUT2D eigenvalue weighted by Crippen LogP contribution is -2.38. The molecular formula is C8H13N2. The largest absolute Gasteiger partial charge is 0.209 e. The average Bonchev–Trinajstić information content (AvgIpc) is 2.08. The van der Waals surface area contributed by atoms with E-state index in [-0.39, 0.29) is 5.54 Å². The maximum Gasteiger partial charge on any atom is 0.0816 e. The Balaban J connectivity index is 2.15. The highest BCUT2D eigenvalue weighted by molar-refractivity contribution is 5.04. The first kappa shape index (κ1) is 6.32. The summed E-state index contributed by atoms with van der Waals surface area (Å²) in [6, 6.07) is 0. The van der Waals surface area contributed by atoms with E-state index in [2.05, 4.69) is 11.5 Å². The second-order valence-corrected chi connectivity index (χ2v) is 3.61.